The summed E-state index contributed by atoms with van der Waals surface area (Å²) >= 11 is 0. The number of fused-ring (bicyclic) bond motifs is 4. The highest BCUT2D eigenvalue weighted by Crippen LogP contribution is 2.47. The molecule has 0 saturated heterocycles. The van der Waals surface area contributed by atoms with E-state index in [9.17, 15) is 0 Å². The highest BCUT2D eigenvalue weighted by Gasteiger charge is 2.22. The van der Waals surface area contributed by atoms with Crippen LogP contribution in [-0.2, 0) is 0 Å². The lowest BCUT2D eigenvalue weighted by Gasteiger charge is -2.29. The summed E-state index contributed by atoms with van der Waals surface area (Å²) in [6.45, 7) is 0. The quantitative estimate of drug-likeness (QED) is 0.144. The molecule has 0 amide bonds. The van der Waals surface area contributed by atoms with Crippen LogP contribution in [0.25, 0.3) is 99.5 Å². The molecule has 0 spiro atoms. The SMILES string of the molecule is c1ccc(-c2ccc(-c3ccccc3-c3ccccc3N(c3ccc(-c4ccc5ccccc5c4)cc3)c3cccc(-c4cccc5c4oc4ccccc45)c3)c(-c3ccccc3)c2)cc1. The molecule has 0 aliphatic carbocycles. The van der Waals surface area contributed by atoms with Gasteiger partial charge in [-0.1, -0.05) is 212 Å². The minimum Gasteiger partial charge on any atom is -0.455 e. The highest BCUT2D eigenvalue weighted by molar-refractivity contribution is 6.10. The maximum absolute atomic E-state index is 6.58. The number of hydrogen-bond donors (Lipinski definition) is 0. The lowest BCUT2D eigenvalue weighted by Crippen LogP contribution is -2.11. The van der Waals surface area contributed by atoms with Crippen molar-refractivity contribution in [1.82, 2.24) is 0 Å². The molecule has 0 fully saturated rings. The van der Waals surface area contributed by atoms with Crippen LogP contribution in [0, 0.1) is 0 Å². The van der Waals surface area contributed by atoms with Crippen molar-refractivity contribution >= 4 is 49.8 Å². The summed E-state index contributed by atoms with van der Waals surface area (Å²) in [7, 11) is 0. The standard InChI is InChI=1S/C64H43NO/c1-3-17-44(18-4-1)50-37-40-57(61(43-50)47-20-5-2-6-21-47)55-25-9-10-26-56(55)58-27-11-13-31-62(58)65(52-38-35-46(36-39-52)49-34-33-45-19-7-8-22-48(45)41-49)53-24-15-23-51(42-53)54-29-16-30-60-59-28-12-14-32-63(59)66-64(54)60/h1-43H. The van der Waals surface area contributed by atoms with E-state index in [0.29, 0.717) is 0 Å². The van der Waals surface area contributed by atoms with Gasteiger partial charge in [0.1, 0.15) is 11.2 Å². The second kappa shape index (κ2) is 16.8. The van der Waals surface area contributed by atoms with Crippen LogP contribution in [-0.4, -0.2) is 0 Å². The summed E-state index contributed by atoms with van der Waals surface area (Å²) < 4.78 is 6.58. The first kappa shape index (κ1) is 38.9. The Kier molecular flexibility index (Phi) is 9.89. The Labute approximate surface area is 384 Å². The number of benzene rings is 11. The molecule has 1 aromatic heterocycles. The molecular weight excluding hydrogens is 799 g/mol. The van der Waals surface area contributed by atoms with Crippen molar-refractivity contribution in [3.8, 4) is 66.8 Å². The van der Waals surface area contributed by atoms with Crippen molar-refractivity contribution in [3.05, 3.63) is 261 Å². The van der Waals surface area contributed by atoms with Gasteiger partial charge in [0.15, 0.2) is 0 Å². The van der Waals surface area contributed by atoms with Crippen LogP contribution >= 0.6 is 0 Å². The molecule has 1 heterocycles. The molecule has 0 aliphatic heterocycles. The van der Waals surface area contributed by atoms with Crippen molar-refractivity contribution < 1.29 is 4.42 Å². The van der Waals surface area contributed by atoms with Gasteiger partial charge in [-0.25, -0.2) is 0 Å². The van der Waals surface area contributed by atoms with Gasteiger partial charge < -0.3 is 9.32 Å². The summed E-state index contributed by atoms with van der Waals surface area (Å²) in [5.41, 5.74) is 18.8. The Morgan fingerprint density at radius 3 is 1.62 bits per heavy atom. The molecule has 0 unspecified atom stereocenters. The normalized spacial score (nSPS) is 11.3. The number of anilines is 3. The van der Waals surface area contributed by atoms with Crippen LogP contribution in [0.15, 0.2) is 265 Å². The lowest BCUT2D eigenvalue weighted by atomic mass is 9.87. The van der Waals surface area contributed by atoms with E-state index in [4.69, 9.17) is 4.42 Å². The predicted molar refractivity (Wildman–Crippen MR) is 279 cm³/mol. The van der Waals surface area contributed by atoms with Crippen LogP contribution in [0.5, 0.6) is 0 Å². The summed E-state index contributed by atoms with van der Waals surface area (Å²) in [6, 6.07) is 94.0. The summed E-state index contributed by atoms with van der Waals surface area (Å²) in [6.07, 6.45) is 0. The number of furan rings is 1. The third-order valence-electron chi connectivity index (χ3n) is 12.9. The zero-order chi connectivity index (χ0) is 43.8. The van der Waals surface area contributed by atoms with Gasteiger partial charge in [-0.15, -0.1) is 0 Å². The fourth-order valence-corrected chi connectivity index (χ4v) is 9.68. The first-order valence-electron chi connectivity index (χ1n) is 22.6. The van der Waals surface area contributed by atoms with Crippen molar-refractivity contribution in [3.63, 3.8) is 0 Å². The van der Waals surface area contributed by atoms with Crippen LogP contribution in [0.4, 0.5) is 17.1 Å². The monoisotopic (exact) mass is 841 g/mol. The average molecular weight is 842 g/mol. The van der Waals surface area contributed by atoms with E-state index >= 15 is 0 Å². The maximum Gasteiger partial charge on any atom is 0.143 e. The molecule has 310 valence electrons. The van der Waals surface area contributed by atoms with E-state index in [1.165, 1.54) is 55.3 Å². The van der Waals surface area contributed by atoms with E-state index in [1.807, 2.05) is 12.1 Å². The molecule has 11 aromatic carbocycles. The molecule has 12 rings (SSSR count). The molecule has 0 saturated carbocycles. The van der Waals surface area contributed by atoms with Gasteiger partial charge in [-0.3, -0.25) is 0 Å². The number of para-hydroxylation sites is 3. The van der Waals surface area contributed by atoms with Crippen molar-refractivity contribution in [2.75, 3.05) is 4.90 Å². The molecule has 2 nitrogen and oxygen atoms in total. The first-order valence-corrected chi connectivity index (χ1v) is 22.6. The zero-order valence-electron chi connectivity index (χ0n) is 36.2. The summed E-state index contributed by atoms with van der Waals surface area (Å²) in [4.78, 5) is 2.41. The number of hydrogen-bond acceptors (Lipinski definition) is 2. The van der Waals surface area contributed by atoms with E-state index in [1.54, 1.807) is 0 Å². The Bertz CT molecular complexity index is 3700. The zero-order valence-corrected chi connectivity index (χ0v) is 36.2. The fourth-order valence-electron chi connectivity index (χ4n) is 9.68. The van der Waals surface area contributed by atoms with Crippen LogP contribution in [0.2, 0.25) is 0 Å². The van der Waals surface area contributed by atoms with Crippen LogP contribution < -0.4 is 4.90 Å². The topological polar surface area (TPSA) is 16.4 Å². The Morgan fingerprint density at radius 1 is 0.258 bits per heavy atom. The largest absolute Gasteiger partial charge is 0.455 e. The van der Waals surface area contributed by atoms with Crippen molar-refractivity contribution in [2.24, 2.45) is 0 Å². The fraction of sp³-hybridized carbons (Fsp3) is 0. The average Bonchev–Trinajstić information content (AvgIpc) is 3.79. The molecule has 0 radical (unpaired) electrons. The Hall–Kier alpha value is -8.72. The minimum atomic E-state index is 0.891. The molecule has 0 N–H and O–H groups in total. The van der Waals surface area contributed by atoms with Crippen molar-refractivity contribution in [1.29, 1.82) is 0 Å². The molecule has 0 aliphatic rings. The van der Waals surface area contributed by atoms with Gasteiger partial charge >= 0.3 is 0 Å². The third kappa shape index (κ3) is 7.12. The van der Waals surface area contributed by atoms with Gasteiger partial charge in [-0.05, 0) is 115 Å². The second-order valence-electron chi connectivity index (χ2n) is 16.8. The third-order valence-corrected chi connectivity index (χ3v) is 12.9. The maximum atomic E-state index is 6.58. The van der Waals surface area contributed by atoms with Crippen molar-refractivity contribution in [2.45, 2.75) is 0 Å². The summed E-state index contributed by atoms with van der Waals surface area (Å²) in [5.74, 6) is 0. The minimum absolute atomic E-state index is 0.891. The molecule has 0 bridgehead atoms. The van der Waals surface area contributed by atoms with Gasteiger partial charge in [0, 0.05) is 33.3 Å². The lowest BCUT2D eigenvalue weighted by molar-refractivity contribution is 0.670. The van der Waals surface area contributed by atoms with E-state index in [0.717, 1.165) is 61.3 Å². The van der Waals surface area contributed by atoms with E-state index < -0.39 is 0 Å². The molecule has 2 heteroatoms. The highest BCUT2D eigenvalue weighted by atomic mass is 16.3. The number of nitrogens with zero attached hydrogens (tertiary/aromatic N) is 1. The van der Waals surface area contributed by atoms with E-state index in [-0.39, 0.29) is 0 Å². The van der Waals surface area contributed by atoms with E-state index in [2.05, 4.69) is 254 Å². The number of rotatable bonds is 9. The van der Waals surface area contributed by atoms with Gasteiger partial charge in [-0.2, -0.15) is 0 Å². The summed E-state index contributed by atoms with van der Waals surface area (Å²) in [5, 5.41) is 4.71. The van der Waals surface area contributed by atoms with Gasteiger partial charge in [0.25, 0.3) is 0 Å². The van der Waals surface area contributed by atoms with Gasteiger partial charge in [0.2, 0.25) is 0 Å². The van der Waals surface area contributed by atoms with Crippen LogP contribution in [0.3, 0.4) is 0 Å². The molecule has 0 atom stereocenters. The molecular formula is C64H43NO. The van der Waals surface area contributed by atoms with Crippen LogP contribution in [0.1, 0.15) is 0 Å². The second-order valence-corrected chi connectivity index (χ2v) is 16.8. The first-order chi connectivity index (χ1) is 32.7. The predicted octanol–water partition coefficient (Wildman–Crippen LogP) is 18.2. The molecule has 66 heavy (non-hydrogen) atoms. The smallest absolute Gasteiger partial charge is 0.143 e. The van der Waals surface area contributed by atoms with Gasteiger partial charge in [0.05, 0.1) is 5.69 Å². The Morgan fingerprint density at radius 2 is 0.803 bits per heavy atom. The molecule has 12 aromatic rings. The Balaban J connectivity index is 1.03.